The highest BCUT2D eigenvalue weighted by molar-refractivity contribution is 9.40. The molecule has 0 saturated heterocycles. The van der Waals surface area contributed by atoms with Crippen molar-refractivity contribution in [2.75, 3.05) is 18.5 Å². The molecular formula is C10H10Br3NO2. The van der Waals surface area contributed by atoms with E-state index in [0.717, 1.165) is 5.69 Å². The zero-order chi connectivity index (χ0) is 12.2. The fraction of sp³-hybridized carbons (Fsp3) is 0.300. The summed E-state index contributed by atoms with van der Waals surface area (Å²) in [5.74, 6) is -0.110. The summed E-state index contributed by atoms with van der Waals surface area (Å²) in [6, 6.07) is 7.03. The Morgan fingerprint density at radius 3 is 2.25 bits per heavy atom. The molecule has 0 atom stereocenters. The Hall–Kier alpha value is 0.0900. The molecule has 0 fully saturated rings. The number of hydrogen-bond acceptors (Lipinski definition) is 3. The first kappa shape index (κ1) is 14.2. The number of ketones is 1. The van der Waals surface area contributed by atoms with Gasteiger partial charge in [-0.3, -0.25) is 4.79 Å². The molecule has 1 rings (SSSR count). The number of halogens is 3. The van der Waals surface area contributed by atoms with Gasteiger partial charge in [-0.25, -0.2) is 0 Å². The third-order valence-corrected chi connectivity index (χ3v) is 2.93. The van der Waals surface area contributed by atoms with E-state index >= 15 is 0 Å². The van der Waals surface area contributed by atoms with Gasteiger partial charge in [0.05, 0.1) is 6.61 Å². The monoisotopic (exact) mass is 413 g/mol. The van der Waals surface area contributed by atoms with Crippen LogP contribution in [0.4, 0.5) is 5.69 Å². The summed E-state index contributed by atoms with van der Waals surface area (Å²) < 4.78 is -0.910. The fourth-order valence-electron chi connectivity index (χ4n) is 1.10. The van der Waals surface area contributed by atoms with Crippen LogP contribution in [-0.4, -0.2) is 26.2 Å². The molecule has 0 aliphatic rings. The lowest BCUT2D eigenvalue weighted by Crippen LogP contribution is -2.16. The van der Waals surface area contributed by atoms with Crippen LogP contribution in [0.25, 0.3) is 0 Å². The molecule has 0 aliphatic carbocycles. The van der Waals surface area contributed by atoms with E-state index in [2.05, 4.69) is 53.1 Å². The Kier molecular flexibility index (Phi) is 5.43. The third-order valence-electron chi connectivity index (χ3n) is 1.85. The van der Waals surface area contributed by atoms with Gasteiger partial charge < -0.3 is 10.4 Å². The van der Waals surface area contributed by atoms with Crippen molar-refractivity contribution in [1.29, 1.82) is 0 Å². The number of carbonyl (C=O) groups excluding carboxylic acids is 1. The number of anilines is 1. The molecule has 0 spiro atoms. The Morgan fingerprint density at radius 1 is 1.25 bits per heavy atom. The van der Waals surface area contributed by atoms with Gasteiger partial charge in [-0.1, -0.05) is 47.8 Å². The lowest BCUT2D eigenvalue weighted by molar-refractivity contribution is 0.101. The van der Waals surface area contributed by atoms with Crippen LogP contribution in [0.5, 0.6) is 0 Å². The number of alkyl halides is 3. The van der Waals surface area contributed by atoms with Gasteiger partial charge in [-0.05, 0) is 24.3 Å². The molecule has 0 unspecified atom stereocenters. The van der Waals surface area contributed by atoms with Crippen LogP contribution >= 0.6 is 47.8 Å². The van der Waals surface area contributed by atoms with E-state index in [1.54, 1.807) is 24.3 Å². The van der Waals surface area contributed by atoms with Gasteiger partial charge in [-0.2, -0.15) is 0 Å². The van der Waals surface area contributed by atoms with Gasteiger partial charge in [0, 0.05) is 17.8 Å². The zero-order valence-electron chi connectivity index (χ0n) is 8.21. The molecule has 0 aliphatic heterocycles. The second kappa shape index (κ2) is 6.14. The van der Waals surface area contributed by atoms with Crippen molar-refractivity contribution in [3.63, 3.8) is 0 Å². The first-order chi connectivity index (χ1) is 7.45. The quantitative estimate of drug-likeness (QED) is 0.587. The van der Waals surface area contributed by atoms with E-state index in [1.165, 1.54) is 0 Å². The van der Waals surface area contributed by atoms with E-state index in [4.69, 9.17) is 5.11 Å². The van der Waals surface area contributed by atoms with Gasteiger partial charge in [-0.15, -0.1) is 0 Å². The summed E-state index contributed by atoms with van der Waals surface area (Å²) in [5.41, 5.74) is 1.45. The minimum absolute atomic E-state index is 0.0774. The zero-order valence-corrected chi connectivity index (χ0v) is 13.0. The van der Waals surface area contributed by atoms with E-state index in [9.17, 15) is 4.79 Å². The summed E-state index contributed by atoms with van der Waals surface area (Å²) in [5, 5.41) is 11.6. The number of hydrogen-bond donors (Lipinski definition) is 2. The topological polar surface area (TPSA) is 49.3 Å². The smallest absolute Gasteiger partial charge is 0.201 e. The van der Waals surface area contributed by atoms with Crippen LogP contribution in [0, 0.1) is 0 Å². The second-order valence-electron chi connectivity index (χ2n) is 3.05. The molecule has 0 heterocycles. The summed E-state index contributed by atoms with van der Waals surface area (Å²) in [4.78, 5) is 11.8. The molecule has 2 N–H and O–H groups in total. The number of carbonyl (C=O) groups is 1. The van der Waals surface area contributed by atoms with Gasteiger partial charge >= 0.3 is 0 Å². The predicted octanol–water partition coefficient (Wildman–Crippen LogP) is 3.11. The van der Waals surface area contributed by atoms with E-state index in [-0.39, 0.29) is 12.4 Å². The predicted molar refractivity (Wildman–Crippen MR) is 75.9 cm³/mol. The molecule has 0 saturated carbocycles. The highest BCUT2D eigenvalue weighted by Crippen LogP contribution is 2.36. The van der Waals surface area contributed by atoms with Crippen molar-refractivity contribution in [1.82, 2.24) is 0 Å². The minimum atomic E-state index is -0.910. The summed E-state index contributed by atoms with van der Waals surface area (Å²) in [7, 11) is 0. The molecule has 6 heteroatoms. The minimum Gasteiger partial charge on any atom is -0.395 e. The normalized spacial score (nSPS) is 11.2. The van der Waals surface area contributed by atoms with Crippen LogP contribution < -0.4 is 5.32 Å². The molecule has 0 aromatic heterocycles. The summed E-state index contributed by atoms with van der Waals surface area (Å²) in [6.45, 7) is 0.570. The van der Waals surface area contributed by atoms with Crippen molar-refractivity contribution < 1.29 is 9.90 Å². The van der Waals surface area contributed by atoms with Crippen LogP contribution in [0.3, 0.4) is 0 Å². The lowest BCUT2D eigenvalue weighted by Gasteiger charge is -2.11. The Balaban J connectivity index is 2.75. The number of Topliss-reactive ketones (excluding diaryl/α,β-unsaturated/α-hetero) is 1. The first-order valence-corrected chi connectivity index (χ1v) is 6.89. The largest absolute Gasteiger partial charge is 0.395 e. The highest BCUT2D eigenvalue weighted by Gasteiger charge is 2.29. The van der Waals surface area contributed by atoms with Gasteiger partial charge in [0.2, 0.25) is 5.78 Å². The molecular weight excluding hydrogens is 406 g/mol. The average molecular weight is 416 g/mol. The molecule has 0 bridgehead atoms. The van der Waals surface area contributed by atoms with Crippen molar-refractivity contribution in [3.05, 3.63) is 29.8 Å². The first-order valence-electron chi connectivity index (χ1n) is 4.51. The maximum absolute atomic E-state index is 11.8. The van der Waals surface area contributed by atoms with Crippen LogP contribution in [0.1, 0.15) is 10.4 Å². The van der Waals surface area contributed by atoms with Crippen molar-refractivity contribution in [2.24, 2.45) is 0 Å². The van der Waals surface area contributed by atoms with Gasteiger partial charge in [0.15, 0.2) is 2.14 Å². The molecule has 88 valence electrons. The molecule has 3 nitrogen and oxygen atoms in total. The fourth-order valence-corrected chi connectivity index (χ4v) is 1.79. The van der Waals surface area contributed by atoms with Crippen LogP contribution in [0.2, 0.25) is 0 Å². The van der Waals surface area contributed by atoms with E-state index in [0.29, 0.717) is 12.1 Å². The maximum atomic E-state index is 11.8. The average Bonchev–Trinajstić information content (AvgIpc) is 2.25. The van der Waals surface area contributed by atoms with Crippen LogP contribution in [0.15, 0.2) is 24.3 Å². The van der Waals surface area contributed by atoms with E-state index < -0.39 is 2.14 Å². The molecule has 0 radical (unpaired) electrons. The van der Waals surface area contributed by atoms with Crippen LogP contribution in [-0.2, 0) is 0 Å². The highest BCUT2D eigenvalue weighted by atomic mass is 80.0. The van der Waals surface area contributed by atoms with Crippen molar-refractivity contribution >= 4 is 59.3 Å². The summed E-state index contributed by atoms with van der Waals surface area (Å²) in [6.07, 6.45) is 0. The standard InChI is InChI=1S/C10H10Br3NO2/c11-10(12,13)9(16)7-1-3-8(4-2-7)14-5-6-15/h1-4,14-15H,5-6H2. The lowest BCUT2D eigenvalue weighted by atomic mass is 10.1. The number of nitrogens with one attached hydrogen (secondary N) is 1. The Bertz CT molecular complexity index is 359. The Morgan fingerprint density at radius 2 is 1.81 bits per heavy atom. The molecule has 1 aromatic carbocycles. The number of benzene rings is 1. The molecule has 1 aromatic rings. The SMILES string of the molecule is O=C(c1ccc(NCCO)cc1)C(Br)(Br)Br. The second-order valence-corrected chi connectivity index (χ2v) is 9.82. The van der Waals surface area contributed by atoms with Gasteiger partial charge in [0.25, 0.3) is 0 Å². The molecule has 0 amide bonds. The van der Waals surface area contributed by atoms with Crippen molar-refractivity contribution in [3.8, 4) is 0 Å². The molecule has 16 heavy (non-hydrogen) atoms. The number of aliphatic hydroxyl groups excluding tert-OH is 1. The third kappa shape index (κ3) is 4.16. The van der Waals surface area contributed by atoms with Crippen molar-refractivity contribution in [2.45, 2.75) is 2.14 Å². The number of rotatable bonds is 4. The Labute approximate surface area is 119 Å². The maximum Gasteiger partial charge on any atom is 0.201 e. The van der Waals surface area contributed by atoms with E-state index in [1.807, 2.05) is 0 Å². The number of aliphatic hydroxyl groups is 1. The summed E-state index contributed by atoms with van der Waals surface area (Å²) >= 11 is 9.53. The van der Waals surface area contributed by atoms with Gasteiger partial charge in [0.1, 0.15) is 0 Å².